The van der Waals surface area contributed by atoms with Crippen molar-refractivity contribution in [1.82, 2.24) is 35.9 Å². The number of ether oxygens (including phenoxy) is 1. The molecule has 2 aromatic carbocycles. The third-order valence-electron chi connectivity index (χ3n) is 10.0. The van der Waals surface area contributed by atoms with Gasteiger partial charge in [-0.3, -0.25) is 20.0 Å². The molecule has 1 aliphatic rings. The first-order valence-electron chi connectivity index (χ1n) is 19.0. The fraction of sp³-hybridized carbons (Fsp3) is 0.476. The van der Waals surface area contributed by atoms with Crippen LogP contribution in [-0.2, 0) is 33.8 Å². The summed E-state index contributed by atoms with van der Waals surface area (Å²) in [6, 6.07) is 21.1. The second-order valence-electron chi connectivity index (χ2n) is 15.5. The molecular weight excluding hydrogens is 713 g/mol. The number of carbonyl (C=O) groups is 4. The molecule has 5 amide bonds. The maximum absolute atomic E-state index is 14.4. The summed E-state index contributed by atoms with van der Waals surface area (Å²) in [4.78, 5) is 62.2. The second-order valence-corrected chi connectivity index (χ2v) is 15.5. The van der Waals surface area contributed by atoms with Crippen LogP contribution in [0.3, 0.4) is 0 Å². The van der Waals surface area contributed by atoms with Crippen molar-refractivity contribution in [2.75, 3.05) is 26.7 Å². The lowest BCUT2D eigenvalue weighted by Gasteiger charge is -2.36. The molecule has 1 aliphatic heterocycles. The summed E-state index contributed by atoms with van der Waals surface area (Å²) >= 11 is 0. The molecule has 14 nitrogen and oxygen atoms in total. The minimum atomic E-state index is -1.23. The number of nitrogens with zero attached hydrogens (tertiary/aromatic N) is 5. The summed E-state index contributed by atoms with van der Waals surface area (Å²) in [5.41, 5.74) is 5.86. The number of amides is 5. The van der Waals surface area contributed by atoms with Gasteiger partial charge in [0.05, 0.1) is 43.1 Å². The van der Waals surface area contributed by atoms with Gasteiger partial charge in [-0.25, -0.2) is 14.6 Å². The Morgan fingerprint density at radius 3 is 2.29 bits per heavy atom. The van der Waals surface area contributed by atoms with Crippen LogP contribution in [-0.4, -0.2) is 99.8 Å². The van der Waals surface area contributed by atoms with Gasteiger partial charge in [-0.2, -0.15) is 5.26 Å². The molecule has 1 saturated heterocycles. The zero-order valence-corrected chi connectivity index (χ0v) is 33.5. The number of urea groups is 1. The Hall–Kier alpha value is -5.52. The zero-order valence-electron chi connectivity index (χ0n) is 33.5. The van der Waals surface area contributed by atoms with E-state index in [1.54, 1.807) is 54.8 Å². The summed E-state index contributed by atoms with van der Waals surface area (Å²) in [6.07, 6.45) is -1.11. The Kier molecular flexibility index (Phi) is 15.3. The first-order chi connectivity index (χ1) is 26.6. The number of methoxy groups -OCH3 is 1. The molecule has 14 heteroatoms. The third-order valence-corrected chi connectivity index (χ3v) is 10.0. The van der Waals surface area contributed by atoms with Gasteiger partial charge in [-0.15, -0.1) is 0 Å². The van der Waals surface area contributed by atoms with E-state index in [4.69, 9.17) is 4.74 Å². The quantitative estimate of drug-likeness (QED) is 0.146. The number of hydrazine groups is 1. The topological polar surface area (TPSA) is 180 Å². The molecule has 5 atom stereocenters. The molecule has 0 radical (unpaired) electrons. The van der Waals surface area contributed by atoms with Gasteiger partial charge in [-0.1, -0.05) is 89.6 Å². The van der Waals surface area contributed by atoms with Crippen molar-refractivity contribution in [1.29, 1.82) is 5.26 Å². The highest BCUT2D eigenvalue weighted by Gasteiger charge is 2.41. The number of rotatable bonds is 17. The lowest BCUT2D eigenvalue weighted by Crippen LogP contribution is -2.60. The smallest absolute Gasteiger partial charge is 0.407 e. The van der Waals surface area contributed by atoms with Crippen molar-refractivity contribution >= 4 is 23.9 Å². The molecule has 300 valence electrons. The highest BCUT2D eigenvalue weighted by Crippen LogP contribution is 2.24. The first-order valence-corrected chi connectivity index (χ1v) is 19.0. The van der Waals surface area contributed by atoms with Crippen molar-refractivity contribution in [3.8, 4) is 6.07 Å². The number of aryl methyl sites for hydroxylation is 1. The Balaban J connectivity index is 1.61. The average Bonchev–Trinajstić information content (AvgIpc) is 3.51. The van der Waals surface area contributed by atoms with Crippen LogP contribution >= 0.6 is 0 Å². The standard InChI is InChI=1S/C42H56N8O6/c1-8-28(2)36(50-22-21-48(41(50)55)26-33-16-12-13-29(3)44-33)38(52)45-34(23-30-14-10-9-11-15-30)35(51)27-49(25-32-19-17-31(24-43)18-20-32)47-39(53)37(42(4,5)6)46-40(54)56-7/h9-20,28,34-37,51H,8,21-23,25-27H2,1-7H3,(H,45,52)(H,46,54)(H,47,53)/t28-,34-,35-,36-,37+/m0/s1. The van der Waals surface area contributed by atoms with Crippen LogP contribution in [0.4, 0.5) is 9.59 Å². The second kappa shape index (κ2) is 19.9. The average molecular weight is 769 g/mol. The minimum Gasteiger partial charge on any atom is -0.453 e. The fourth-order valence-electron chi connectivity index (χ4n) is 6.72. The maximum Gasteiger partial charge on any atom is 0.407 e. The Labute approximate surface area is 330 Å². The van der Waals surface area contributed by atoms with Crippen molar-refractivity contribution < 1.29 is 29.0 Å². The number of nitriles is 1. The molecule has 4 N–H and O–H groups in total. The van der Waals surface area contributed by atoms with Gasteiger partial charge >= 0.3 is 12.1 Å². The molecule has 0 aliphatic carbocycles. The molecule has 0 saturated carbocycles. The van der Waals surface area contributed by atoms with E-state index in [0.29, 0.717) is 31.6 Å². The van der Waals surface area contributed by atoms with Crippen molar-refractivity contribution in [3.63, 3.8) is 0 Å². The van der Waals surface area contributed by atoms with Gasteiger partial charge in [0.25, 0.3) is 5.91 Å². The summed E-state index contributed by atoms with van der Waals surface area (Å²) in [5, 5.41) is 28.6. The van der Waals surface area contributed by atoms with E-state index in [0.717, 1.165) is 22.5 Å². The number of pyridine rings is 1. The molecule has 2 heterocycles. The number of aromatic nitrogens is 1. The van der Waals surface area contributed by atoms with Crippen LogP contribution < -0.4 is 16.1 Å². The molecule has 4 rings (SSSR count). The van der Waals surface area contributed by atoms with Crippen molar-refractivity contribution in [2.24, 2.45) is 11.3 Å². The number of nitrogens with one attached hydrogen (secondary N) is 3. The van der Waals surface area contributed by atoms with E-state index < -0.39 is 41.6 Å². The van der Waals surface area contributed by atoms with Crippen LogP contribution in [0.25, 0.3) is 0 Å². The maximum atomic E-state index is 14.4. The molecule has 0 spiro atoms. The number of aliphatic hydroxyl groups is 1. The largest absolute Gasteiger partial charge is 0.453 e. The third kappa shape index (κ3) is 12.0. The number of hydrogen-bond donors (Lipinski definition) is 4. The van der Waals surface area contributed by atoms with Crippen LogP contribution in [0.2, 0.25) is 0 Å². The van der Waals surface area contributed by atoms with E-state index in [1.807, 2.05) is 69.3 Å². The fourth-order valence-corrected chi connectivity index (χ4v) is 6.72. The number of alkyl carbamates (subject to hydrolysis) is 1. The SMILES string of the molecule is CC[C@H](C)[C@@H](C(=O)N[C@@H](Cc1ccccc1)[C@@H](O)CN(Cc1ccc(C#N)cc1)NC(=O)[C@@H](NC(=O)OC)C(C)(C)C)N1CCN(Cc2cccc(C)n2)C1=O. The Morgan fingerprint density at radius 1 is 0.982 bits per heavy atom. The van der Waals surface area contributed by atoms with Crippen LogP contribution in [0, 0.1) is 29.6 Å². The molecule has 56 heavy (non-hydrogen) atoms. The van der Waals surface area contributed by atoms with E-state index in [2.05, 4.69) is 27.1 Å². The van der Waals surface area contributed by atoms with Crippen LogP contribution in [0.5, 0.6) is 0 Å². The molecule has 1 aromatic heterocycles. The van der Waals surface area contributed by atoms with Gasteiger partial charge in [0.15, 0.2) is 0 Å². The normalized spacial score (nSPS) is 15.7. The van der Waals surface area contributed by atoms with Gasteiger partial charge in [0, 0.05) is 31.9 Å². The number of aliphatic hydroxyl groups excluding tert-OH is 1. The monoisotopic (exact) mass is 768 g/mol. The predicted molar refractivity (Wildman–Crippen MR) is 211 cm³/mol. The Morgan fingerprint density at radius 2 is 1.68 bits per heavy atom. The van der Waals surface area contributed by atoms with Crippen LogP contribution in [0.1, 0.15) is 69.1 Å². The highest BCUT2D eigenvalue weighted by atomic mass is 16.5. The van der Waals surface area contributed by atoms with E-state index in [1.165, 1.54) is 12.1 Å². The minimum absolute atomic E-state index is 0.124. The van der Waals surface area contributed by atoms with Gasteiger partial charge in [-0.05, 0) is 60.1 Å². The van der Waals surface area contributed by atoms with E-state index in [-0.39, 0.29) is 37.4 Å². The molecule has 0 bridgehead atoms. The molecule has 1 fully saturated rings. The van der Waals surface area contributed by atoms with Crippen molar-refractivity contribution in [3.05, 3.63) is 101 Å². The van der Waals surface area contributed by atoms with Crippen LogP contribution in [0.15, 0.2) is 72.8 Å². The predicted octanol–water partition coefficient (Wildman–Crippen LogP) is 4.31. The highest BCUT2D eigenvalue weighted by molar-refractivity contribution is 5.88. The van der Waals surface area contributed by atoms with E-state index >= 15 is 0 Å². The van der Waals surface area contributed by atoms with E-state index in [9.17, 15) is 29.5 Å². The summed E-state index contributed by atoms with van der Waals surface area (Å²) < 4.78 is 4.78. The lowest BCUT2D eigenvalue weighted by atomic mass is 9.86. The first kappa shape index (κ1) is 43.2. The van der Waals surface area contributed by atoms with Gasteiger partial charge < -0.3 is 30.3 Å². The van der Waals surface area contributed by atoms with Crippen molar-refractivity contribution in [2.45, 2.75) is 91.7 Å². The zero-order chi connectivity index (χ0) is 41.0. The molecule has 0 unspecified atom stereocenters. The number of carbonyl (C=O) groups excluding carboxylic acids is 4. The lowest BCUT2D eigenvalue weighted by molar-refractivity contribution is -0.132. The Bertz CT molecular complexity index is 1830. The number of hydrogen-bond acceptors (Lipinski definition) is 9. The molecular formula is C42H56N8O6. The molecule has 3 aromatic rings. The number of benzene rings is 2. The summed E-state index contributed by atoms with van der Waals surface area (Å²) in [6.45, 7) is 12.3. The van der Waals surface area contributed by atoms with Gasteiger partial charge in [0.1, 0.15) is 12.1 Å². The van der Waals surface area contributed by atoms with Gasteiger partial charge in [0.2, 0.25) is 5.91 Å². The summed E-state index contributed by atoms with van der Waals surface area (Å²) in [5.74, 6) is -1.13. The summed E-state index contributed by atoms with van der Waals surface area (Å²) in [7, 11) is 1.21.